The third-order valence-electron chi connectivity index (χ3n) is 5.22. The van der Waals surface area contributed by atoms with Crippen LogP contribution >= 0.6 is 0 Å². The SMILES string of the molecule is CN(CC1(CO)CC1)C(=O)C1CC12CCOCC2. The lowest BCUT2D eigenvalue weighted by molar-refractivity contribution is -0.133. The maximum atomic E-state index is 12.4. The van der Waals surface area contributed by atoms with Crippen molar-refractivity contribution in [3.8, 4) is 0 Å². The Morgan fingerprint density at radius 3 is 2.56 bits per heavy atom. The highest BCUT2D eigenvalue weighted by Gasteiger charge is 2.59. The summed E-state index contributed by atoms with van der Waals surface area (Å²) >= 11 is 0. The number of ether oxygens (including phenoxy) is 1. The van der Waals surface area contributed by atoms with Gasteiger partial charge in [-0.05, 0) is 37.5 Å². The maximum absolute atomic E-state index is 12.4. The minimum absolute atomic E-state index is 0.0299. The molecule has 0 bridgehead atoms. The molecule has 4 nitrogen and oxygen atoms in total. The van der Waals surface area contributed by atoms with Crippen molar-refractivity contribution in [3.05, 3.63) is 0 Å². The summed E-state index contributed by atoms with van der Waals surface area (Å²) in [4.78, 5) is 14.3. The predicted molar refractivity (Wildman–Crippen MR) is 67.0 cm³/mol. The molecule has 1 unspecified atom stereocenters. The van der Waals surface area contributed by atoms with Crippen LogP contribution in [-0.4, -0.2) is 49.3 Å². The zero-order chi connectivity index (χ0) is 12.8. The van der Waals surface area contributed by atoms with Gasteiger partial charge in [0.25, 0.3) is 0 Å². The van der Waals surface area contributed by atoms with Gasteiger partial charge in [0.05, 0.1) is 6.61 Å². The summed E-state index contributed by atoms with van der Waals surface area (Å²) in [5.41, 5.74) is 0.293. The van der Waals surface area contributed by atoms with E-state index in [2.05, 4.69) is 0 Å². The van der Waals surface area contributed by atoms with Gasteiger partial charge < -0.3 is 14.7 Å². The van der Waals surface area contributed by atoms with Crippen LogP contribution in [0.3, 0.4) is 0 Å². The molecule has 0 aromatic carbocycles. The molecule has 4 heteroatoms. The summed E-state index contributed by atoms with van der Waals surface area (Å²) in [6, 6.07) is 0. The van der Waals surface area contributed by atoms with Gasteiger partial charge in [0.1, 0.15) is 0 Å². The summed E-state index contributed by atoms with van der Waals surface area (Å²) in [6.07, 6.45) is 5.26. The van der Waals surface area contributed by atoms with Gasteiger partial charge in [-0.1, -0.05) is 0 Å². The normalized spacial score (nSPS) is 31.1. The second-order valence-electron chi connectivity index (χ2n) is 6.58. The van der Waals surface area contributed by atoms with Gasteiger partial charge in [-0.2, -0.15) is 0 Å². The highest BCUT2D eigenvalue weighted by Crippen LogP contribution is 2.60. The van der Waals surface area contributed by atoms with E-state index in [-0.39, 0.29) is 29.3 Å². The first-order chi connectivity index (χ1) is 8.61. The lowest BCUT2D eigenvalue weighted by Gasteiger charge is -2.26. The summed E-state index contributed by atoms with van der Waals surface area (Å²) < 4.78 is 5.38. The Bertz CT molecular complexity index is 345. The molecule has 1 spiro atoms. The van der Waals surface area contributed by atoms with Gasteiger partial charge in [0, 0.05) is 38.1 Å². The van der Waals surface area contributed by atoms with E-state index in [0.29, 0.717) is 0 Å². The molecule has 102 valence electrons. The number of rotatable bonds is 4. The van der Waals surface area contributed by atoms with Crippen LogP contribution in [0.1, 0.15) is 32.1 Å². The molecule has 0 radical (unpaired) electrons. The van der Waals surface area contributed by atoms with Gasteiger partial charge in [0.15, 0.2) is 0 Å². The van der Waals surface area contributed by atoms with Crippen molar-refractivity contribution in [1.82, 2.24) is 4.90 Å². The molecule has 0 aromatic rings. The monoisotopic (exact) mass is 253 g/mol. The fourth-order valence-corrected chi connectivity index (χ4v) is 3.42. The molecule has 0 aromatic heterocycles. The summed E-state index contributed by atoms with van der Waals surface area (Å²) in [6.45, 7) is 2.57. The summed E-state index contributed by atoms with van der Waals surface area (Å²) in [5, 5.41) is 9.33. The molecule has 1 aliphatic heterocycles. The smallest absolute Gasteiger partial charge is 0.226 e. The average Bonchev–Trinajstić information content (AvgIpc) is 3.28. The fraction of sp³-hybridized carbons (Fsp3) is 0.929. The van der Waals surface area contributed by atoms with Gasteiger partial charge in [-0.15, -0.1) is 0 Å². The largest absolute Gasteiger partial charge is 0.396 e. The molecule has 3 aliphatic rings. The number of carbonyl (C=O) groups excluding carboxylic acids is 1. The van der Waals surface area contributed by atoms with Gasteiger partial charge >= 0.3 is 0 Å². The van der Waals surface area contributed by atoms with Crippen LogP contribution in [0.25, 0.3) is 0 Å². The second kappa shape index (κ2) is 4.20. The number of amides is 1. The van der Waals surface area contributed by atoms with Crippen molar-refractivity contribution in [2.75, 3.05) is 33.4 Å². The molecule has 3 fully saturated rings. The first-order valence-corrected chi connectivity index (χ1v) is 7.05. The molecule has 18 heavy (non-hydrogen) atoms. The summed E-state index contributed by atoms with van der Waals surface area (Å²) in [7, 11) is 1.89. The Morgan fingerprint density at radius 1 is 1.33 bits per heavy atom. The molecule has 1 amide bonds. The van der Waals surface area contributed by atoms with E-state index in [1.807, 2.05) is 11.9 Å². The number of hydrogen-bond acceptors (Lipinski definition) is 3. The van der Waals surface area contributed by atoms with E-state index < -0.39 is 0 Å². The second-order valence-corrected chi connectivity index (χ2v) is 6.58. The number of aliphatic hydroxyl groups excluding tert-OH is 1. The van der Waals surface area contributed by atoms with Crippen LogP contribution in [0.15, 0.2) is 0 Å². The first-order valence-electron chi connectivity index (χ1n) is 7.05. The Labute approximate surface area is 108 Å². The predicted octanol–water partition coefficient (Wildman–Crippen LogP) is 1.03. The van der Waals surface area contributed by atoms with E-state index in [9.17, 15) is 9.90 Å². The molecule has 1 N–H and O–H groups in total. The average molecular weight is 253 g/mol. The van der Waals surface area contributed by atoms with Crippen molar-refractivity contribution in [2.45, 2.75) is 32.1 Å². The van der Waals surface area contributed by atoms with Gasteiger partial charge in [-0.25, -0.2) is 0 Å². The van der Waals surface area contributed by atoms with Crippen LogP contribution in [-0.2, 0) is 9.53 Å². The van der Waals surface area contributed by atoms with E-state index in [1.165, 1.54) is 0 Å². The lowest BCUT2D eigenvalue weighted by atomic mass is 9.93. The standard InChI is InChI=1S/C14H23NO3/c1-15(9-13(10-16)2-3-13)12(17)11-8-14(11)4-6-18-7-5-14/h11,16H,2-10H2,1H3. The van der Waals surface area contributed by atoms with Gasteiger partial charge in [-0.3, -0.25) is 4.79 Å². The molecule has 1 atom stereocenters. The van der Waals surface area contributed by atoms with Crippen LogP contribution in [0.5, 0.6) is 0 Å². The quantitative estimate of drug-likeness (QED) is 0.814. The zero-order valence-electron chi connectivity index (χ0n) is 11.2. The first kappa shape index (κ1) is 12.4. The van der Waals surface area contributed by atoms with Gasteiger partial charge in [0.2, 0.25) is 5.91 Å². The lowest BCUT2D eigenvalue weighted by Crippen LogP contribution is -2.36. The van der Waals surface area contributed by atoms with Crippen molar-refractivity contribution < 1.29 is 14.6 Å². The van der Waals surface area contributed by atoms with Crippen LogP contribution in [0, 0.1) is 16.7 Å². The Kier molecular flexibility index (Phi) is 2.90. The van der Waals surface area contributed by atoms with Crippen molar-refractivity contribution in [2.24, 2.45) is 16.7 Å². The highest BCUT2D eigenvalue weighted by atomic mass is 16.5. The number of nitrogens with zero attached hydrogens (tertiary/aromatic N) is 1. The highest BCUT2D eigenvalue weighted by molar-refractivity contribution is 5.82. The van der Waals surface area contributed by atoms with E-state index in [0.717, 1.165) is 51.9 Å². The van der Waals surface area contributed by atoms with Crippen LogP contribution in [0.4, 0.5) is 0 Å². The molecular weight excluding hydrogens is 230 g/mol. The third-order valence-corrected chi connectivity index (χ3v) is 5.22. The summed E-state index contributed by atoms with van der Waals surface area (Å²) in [5.74, 6) is 0.512. The third kappa shape index (κ3) is 2.05. The maximum Gasteiger partial charge on any atom is 0.226 e. The zero-order valence-corrected chi connectivity index (χ0v) is 11.2. The molecule has 1 heterocycles. The van der Waals surface area contributed by atoms with Crippen molar-refractivity contribution in [3.63, 3.8) is 0 Å². The Balaban J connectivity index is 1.55. The molecule has 1 saturated heterocycles. The fourth-order valence-electron chi connectivity index (χ4n) is 3.42. The molecule has 2 saturated carbocycles. The Morgan fingerprint density at radius 2 is 2.00 bits per heavy atom. The minimum atomic E-state index is 0.0299. The van der Waals surface area contributed by atoms with Crippen LogP contribution in [0.2, 0.25) is 0 Å². The van der Waals surface area contributed by atoms with E-state index in [1.54, 1.807) is 0 Å². The Hall–Kier alpha value is -0.610. The molecular formula is C14H23NO3. The van der Waals surface area contributed by atoms with Crippen molar-refractivity contribution >= 4 is 5.91 Å². The number of carbonyl (C=O) groups is 1. The number of hydrogen-bond donors (Lipinski definition) is 1. The molecule has 3 rings (SSSR count). The van der Waals surface area contributed by atoms with E-state index >= 15 is 0 Å². The van der Waals surface area contributed by atoms with E-state index in [4.69, 9.17) is 4.74 Å². The van der Waals surface area contributed by atoms with Crippen molar-refractivity contribution in [1.29, 1.82) is 0 Å². The number of aliphatic hydroxyl groups is 1. The topological polar surface area (TPSA) is 49.8 Å². The van der Waals surface area contributed by atoms with Crippen LogP contribution < -0.4 is 0 Å². The minimum Gasteiger partial charge on any atom is -0.396 e. The molecule has 2 aliphatic carbocycles.